The van der Waals surface area contributed by atoms with Crippen LogP contribution in [0.5, 0.6) is 0 Å². The van der Waals surface area contributed by atoms with Gasteiger partial charge in [0.25, 0.3) is 0 Å². The summed E-state index contributed by atoms with van der Waals surface area (Å²) in [6.07, 6.45) is 4.92. The lowest BCUT2D eigenvalue weighted by Gasteiger charge is -2.18. The molecule has 5 heteroatoms. The van der Waals surface area contributed by atoms with E-state index in [0.29, 0.717) is 18.6 Å². The Kier molecular flexibility index (Phi) is 4.45. The molecule has 5 nitrogen and oxygen atoms in total. The Hall–Kier alpha value is -0.810. The van der Waals surface area contributed by atoms with Crippen molar-refractivity contribution in [2.45, 2.75) is 57.3 Å². The molecule has 2 aliphatic rings. The SMILES string of the molecule is CC1(C)CCC(CN=C(N)NCC2CCCO2)O1. The van der Waals surface area contributed by atoms with Crippen LogP contribution in [0.4, 0.5) is 0 Å². The molecular formula is C13H25N3O2. The summed E-state index contributed by atoms with van der Waals surface area (Å²) in [7, 11) is 0. The van der Waals surface area contributed by atoms with Crippen LogP contribution < -0.4 is 11.1 Å². The molecule has 0 amide bonds. The van der Waals surface area contributed by atoms with E-state index in [1.807, 2.05) is 0 Å². The van der Waals surface area contributed by atoms with Crippen LogP contribution in [0.2, 0.25) is 0 Å². The van der Waals surface area contributed by atoms with Crippen LogP contribution in [0.1, 0.15) is 39.5 Å². The molecule has 2 unspecified atom stereocenters. The maximum absolute atomic E-state index is 5.86. The molecule has 2 fully saturated rings. The summed E-state index contributed by atoms with van der Waals surface area (Å²) >= 11 is 0. The zero-order valence-electron chi connectivity index (χ0n) is 11.4. The lowest BCUT2D eigenvalue weighted by atomic mass is 10.1. The first kappa shape index (κ1) is 13.6. The maximum atomic E-state index is 5.86. The molecule has 104 valence electrons. The van der Waals surface area contributed by atoms with E-state index in [4.69, 9.17) is 15.2 Å². The van der Waals surface area contributed by atoms with E-state index in [-0.39, 0.29) is 11.7 Å². The van der Waals surface area contributed by atoms with E-state index in [9.17, 15) is 0 Å². The van der Waals surface area contributed by atoms with Gasteiger partial charge in [0.2, 0.25) is 0 Å². The minimum atomic E-state index is 0.0000639. The van der Waals surface area contributed by atoms with Crippen LogP contribution in [-0.2, 0) is 9.47 Å². The molecule has 2 saturated heterocycles. The van der Waals surface area contributed by atoms with Crippen LogP contribution in [0.25, 0.3) is 0 Å². The summed E-state index contributed by atoms with van der Waals surface area (Å²) in [5.41, 5.74) is 5.83. The molecule has 0 aromatic heterocycles. The summed E-state index contributed by atoms with van der Waals surface area (Å²) in [5, 5.41) is 3.12. The topological polar surface area (TPSA) is 68.9 Å². The molecule has 18 heavy (non-hydrogen) atoms. The summed E-state index contributed by atoms with van der Waals surface area (Å²) < 4.78 is 11.4. The number of hydrogen-bond donors (Lipinski definition) is 2. The van der Waals surface area contributed by atoms with Crippen molar-refractivity contribution < 1.29 is 9.47 Å². The van der Waals surface area contributed by atoms with Gasteiger partial charge in [-0.2, -0.15) is 0 Å². The standard InChI is InChI=1S/C13H25N3O2/c1-13(2)6-5-11(18-13)9-16-12(14)15-8-10-4-3-7-17-10/h10-11H,3-9H2,1-2H3,(H3,14,15,16). The summed E-state index contributed by atoms with van der Waals surface area (Å²) in [4.78, 5) is 4.34. The van der Waals surface area contributed by atoms with E-state index in [1.54, 1.807) is 0 Å². The van der Waals surface area contributed by atoms with Crippen molar-refractivity contribution in [1.29, 1.82) is 0 Å². The van der Waals surface area contributed by atoms with Crippen LogP contribution in [0.15, 0.2) is 4.99 Å². The predicted octanol–water partition coefficient (Wildman–Crippen LogP) is 1.03. The number of guanidine groups is 1. The van der Waals surface area contributed by atoms with Crippen molar-refractivity contribution >= 4 is 5.96 Å². The van der Waals surface area contributed by atoms with Crippen LogP contribution >= 0.6 is 0 Å². The minimum Gasteiger partial charge on any atom is -0.376 e. The molecule has 2 aliphatic heterocycles. The number of rotatable bonds is 4. The van der Waals surface area contributed by atoms with Gasteiger partial charge in [-0.3, -0.25) is 4.99 Å². The fraction of sp³-hybridized carbons (Fsp3) is 0.923. The third-order valence-corrected chi connectivity index (χ3v) is 3.55. The van der Waals surface area contributed by atoms with Crippen LogP contribution in [-0.4, -0.2) is 43.5 Å². The molecular weight excluding hydrogens is 230 g/mol. The van der Waals surface area contributed by atoms with Gasteiger partial charge in [0.05, 0.1) is 24.4 Å². The van der Waals surface area contributed by atoms with Crippen LogP contribution in [0.3, 0.4) is 0 Å². The van der Waals surface area contributed by atoms with Gasteiger partial charge in [-0.1, -0.05) is 0 Å². The third-order valence-electron chi connectivity index (χ3n) is 3.55. The van der Waals surface area contributed by atoms with Crippen molar-refractivity contribution in [1.82, 2.24) is 5.32 Å². The molecule has 0 radical (unpaired) electrons. The molecule has 3 N–H and O–H groups in total. The fourth-order valence-corrected chi connectivity index (χ4v) is 2.49. The Labute approximate surface area is 109 Å². The molecule has 0 bridgehead atoms. The minimum absolute atomic E-state index is 0.0000639. The Morgan fingerprint density at radius 3 is 2.83 bits per heavy atom. The van der Waals surface area contributed by atoms with Crippen molar-refractivity contribution in [3.63, 3.8) is 0 Å². The predicted molar refractivity (Wildman–Crippen MR) is 71.7 cm³/mol. The molecule has 0 spiro atoms. The number of nitrogens with zero attached hydrogens (tertiary/aromatic N) is 1. The fourth-order valence-electron chi connectivity index (χ4n) is 2.49. The normalized spacial score (nSPS) is 31.8. The first-order chi connectivity index (χ1) is 8.55. The lowest BCUT2D eigenvalue weighted by Crippen LogP contribution is -2.37. The second-order valence-electron chi connectivity index (χ2n) is 5.78. The van der Waals surface area contributed by atoms with Gasteiger partial charge >= 0.3 is 0 Å². The molecule has 2 atom stereocenters. The Bertz CT molecular complexity index is 299. The molecule has 0 saturated carbocycles. The van der Waals surface area contributed by atoms with E-state index in [2.05, 4.69) is 24.2 Å². The number of hydrogen-bond acceptors (Lipinski definition) is 3. The molecule has 2 heterocycles. The van der Waals surface area contributed by atoms with Gasteiger partial charge < -0.3 is 20.5 Å². The highest BCUT2D eigenvalue weighted by Gasteiger charge is 2.31. The van der Waals surface area contributed by atoms with Crippen molar-refractivity contribution in [2.75, 3.05) is 19.7 Å². The molecule has 0 aromatic rings. The van der Waals surface area contributed by atoms with Gasteiger partial charge in [-0.25, -0.2) is 0 Å². The lowest BCUT2D eigenvalue weighted by molar-refractivity contribution is -0.0106. The zero-order valence-corrected chi connectivity index (χ0v) is 11.4. The average molecular weight is 255 g/mol. The van der Waals surface area contributed by atoms with Gasteiger partial charge in [-0.05, 0) is 39.5 Å². The summed E-state index contributed by atoms with van der Waals surface area (Å²) in [6.45, 7) is 6.51. The highest BCUT2D eigenvalue weighted by molar-refractivity contribution is 5.77. The smallest absolute Gasteiger partial charge is 0.188 e. The highest BCUT2D eigenvalue weighted by Crippen LogP contribution is 2.29. The Morgan fingerprint density at radius 1 is 1.39 bits per heavy atom. The van der Waals surface area contributed by atoms with E-state index < -0.39 is 0 Å². The summed E-state index contributed by atoms with van der Waals surface area (Å²) in [5.74, 6) is 0.499. The van der Waals surface area contributed by atoms with Gasteiger partial charge in [0.1, 0.15) is 0 Å². The number of aliphatic imine (C=N–C) groups is 1. The van der Waals surface area contributed by atoms with Crippen molar-refractivity contribution in [3.05, 3.63) is 0 Å². The van der Waals surface area contributed by atoms with Crippen molar-refractivity contribution in [2.24, 2.45) is 10.7 Å². The van der Waals surface area contributed by atoms with Gasteiger partial charge in [0.15, 0.2) is 5.96 Å². The molecule has 0 aromatic carbocycles. The first-order valence-electron chi connectivity index (χ1n) is 6.88. The average Bonchev–Trinajstić information content (AvgIpc) is 2.93. The Balaban J connectivity index is 1.65. The number of ether oxygens (including phenoxy) is 2. The monoisotopic (exact) mass is 255 g/mol. The highest BCUT2D eigenvalue weighted by atomic mass is 16.5. The van der Waals surface area contributed by atoms with Crippen LogP contribution in [0, 0.1) is 0 Å². The van der Waals surface area contributed by atoms with E-state index >= 15 is 0 Å². The second kappa shape index (κ2) is 5.89. The second-order valence-corrected chi connectivity index (χ2v) is 5.78. The largest absolute Gasteiger partial charge is 0.376 e. The summed E-state index contributed by atoms with van der Waals surface area (Å²) in [6, 6.07) is 0. The Morgan fingerprint density at radius 2 is 2.22 bits per heavy atom. The number of nitrogens with two attached hydrogens (primary N) is 1. The quantitative estimate of drug-likeness (QED) is 0.581. The molecule has 0 aliphatic carbocycles. The first-order valence-corrected chi connectivity index (χ1v) is 6.88. The number of nitrogens with one attached hydrogen (secondary N) is 1. The van der Waals surface area contributed by atoms with Gasteiger partial charge in [-0.15, -0.1) is 0 Å². The van der Waals surface area contributed by atoms with E-state index in [1.165, 1.54) is 0 Å². The third kappa shape index (κ3) is 4.14. The zero-order chi connectivity index (χ0) is 13.0. The maximum Gasteiger partial charge on any atom is 0.188 e. The van der Waals surface area contributed by atoms with Crippen molar-refractivity contribution in [3.8, 4) is 0 Å². The molecule has 2 rings (SSSR count). The van der Waals surface area contributed by atoms with Gasteiger partial charge in [0, 0.05) is 13.2 Å². The van der Waals surface area contributed by atoms with E-state index in [0.717, 1.165) is 38.8 Å².